The number of hydrogen-bond acceptors (Lipinski definition) is 5. The Balaban J connectivity index is 1.42. The number of carbonyl (C=O) groups is 3. The molecule has 0 bridgehead atoms. The number of thioether (sulfide) groups is 1. The van der Waals surface area contributed by atoms with Gasteiger partial charge in [0, 0.05) is 17.9 Å². The topological polar surface area (TPSA) is 75.7 Å². The van der Waals surface area contributed by atoms with Gasteiger partial charge in [-0.05, 0) is 24.1 Å². The maximum atomic E-state index is 12.7. The molecule has 6 nitrogen and oxygen atoms in total. The van der Waals surface area contributed by atoms with Gasteiger partial charge >= 0.3 is 5.97 Å². The first-order valence-corrected chi connectivity index (χ1v) is 10.1. The fourth-order valence-electron chi connectivity index (χ4n) is 3.77. The summed E-state index contributed by atoms with van der Waals surface area (Å²) < 4.78 is 5.24. The van der Waals surface area contributed by atoms with Gasteiger partial charge in [0.15, 0.2) is 6.61 Å². The molecule has 1 N–H and O–H groups in total. The van der Waals surface area contributed by atoms with Crippen molar-refractivity contribution >= 4 is 35.2 Å². The van der Waals surface area contributed by atoms with Gasteiger partial charge in [-0.15, -0.1) is 11.8 Å². The minimum atomic E-state index is -0.676. The molecule has 2 aliphatic heterocycles. The Morgan fingerprint density at radius 2 is 1.79 bits per heavy atom. The van der Waals surface area contributed by atoms with E-state index in [0.717, 1.165) is 5.56 Å². The molecule has 2 fully saturated rings. The van der Waals surface area contributed by atoms with E-state index in [1.54, 1.807) is 40.9 Å². The number of benzene rings is 2. The van der Waals surface area contributed by atoms with Gasteiger partial charge in [-0.3, -0.25) is 9.59 Å². The first-order valence-electron chi connectivity index (χ1n) is 9.13. The van der Waals surface area contributed by atoms with Crippen molar-refractivity contribution < 1.29 is 19.1 Å². The summed E-state index contributed by atoms with van der Waals surface area (Å²) in [5.74, 6) is -0.541. The third-order valence-corrected chi connectivity index (χ3v) is 6.62. The second kappa shape index (κ2) is 7.67. The molecule has 0 aliphatic carbocycles. The van der Waals surface area contributed by atoms with E-state index in [1.807, 2.05) is 36.4 Å². The number of hydrogen-bond donors (Lipinski definition) is 1. The molecule has 2 aliphatic rings. The summed E-state index contributed by atoms with van der Waals surface area (Å²) in [4.78, 5) is 38.4. The van der Waals surface area contributed by atoms with Crippen molar-refractivity contribution in [2.45, 2.75) is 23.8 Å². The maximum absolute atomic E-state index is 12.7. The molecule has 0 spiro atoms. The Hall–Kier alpha value is -2.80. The lowest BCUT2D eigenvalue weighted by atomic mass is 10.0. The van der Waals surface area contributed by atoms with E-state index in [2.05, 4.69) is 5.32 Å². The largest absolute Gasteiger partial charge is 0.454 e. The van der Waals surface area contributed by atoms with Crippen LogP contribution in [0.2, 0.25) is 0 Å². The number of fused-ring (bicyclic) bond motifs is 1. The Morgan fingerprint density at radius 1 is 1.11 bits per heavy atom. The minimum Gasteiger partial charge on any atom is -0.454 e. The van der Waals surface area contributed by atoms with Gasteiger partial charge in [-0.1, -0.05) is 48.5 Å². The fraction of sp³-hybridized carbons (Fsp3) is 0.286. The monoisotopic (exact) mass is 396 g/mol. The number of esters is 1. The van der Waals surface area contributed by atoms with Crippen molar-refractivity contribution in [3.8, 4) is 0 Å². The zero-order valence-corrected chi connectivity index (χ0v) is 16.0. The predicted octanol–water partition coefficient (Wildman–Crippen LogP) is 2.76. The second-order valence-corrected chi connectivity index (χ2v) is 8.06. The quantitative estimate of drug-likeness (QED) is 0.787. The Morgan fingerprint density at radius 3 is 2.50 bits per heavy atom. The minimum absolute atomic E-state index is 0.0514. The van der Waals surface area contributed by atoms with Crippen molar-refractivity contribution in [2.24, 2.45) is 0 Å². The number of amides is 2. The van der Waals surface area contributed by atoms with Crippen molar-refractivity contribution in [3.05, 3.63) is 66.2 Å². The molecule has 7 heteroatoms. The fourth-order valence-corrected chi connectivity index (χ4v) is 5.40. The molecule has 0 aromatic heterocycles. The van der Waals surface area contributed by atoms with Crippen LogP contribution < -0.4 is 5.32 Å². The summed E-state index contributed by atoms with van der Waals surface area (Å²) in [5.41, 5.74) is 1.65. The highest BCUT2D eigenvalue weighted by atomic mass is 32.2. The highest BCUT2D eigenvalue weighted by molar-refractivity contribution is 8.00. The Bertz CT molecular complexity index is 890. The molecule has 2 aromatic rings. The third-order valence-electron chi connectivity index (χ3n) is 5.03. The van der Waals surface area contributed by atoms with E-state index in [1.165, 1.54) is 0 Å². The SMILES string of the molecule is O=C(COC(=O)[C@@H]1CS[C@]2(c3ccccc3)CCC(=O)N12)Nc1ccccc1. The lowest BCUT2D eigenvalue weighted by molar-refractivity contribution is -0.155. The van der Waals surface area contributed by atoms with E-state index in [-0.39, 0.29) is 12.5 Å². The van der Waals surface area contributed by atoms with E-state index < -0.39 is 22.8 Å². The number of nitrogens with one attached hydrogen (secondary N) is 1. The van der Waals surface area contributed by atoms with Crippen molar-refractivity contribution in [3.63, 3.8) is 0 Å². The third kappa shape index (κ3) is 3.38. The van der Waals surface area contributed by atoms with Crippen molar-refractivity contribution in [1.82, 2.24) is 4.90 Å². The highest BCUT2D eigenvalue weighted by Crippen LogP contribution is 2.54. The smallest absolute Gasteiger partial charge is 0.330 e. The van der Waals surface area contributed by atoms with E-state index in [9.17, 15) is 14.4 Å². The van der Waals surface area contributed by atoms with Crippen LogP contribution in [0.4, 0.5) is 5.69 Å². The summed E-state index contributed by atoms with van der Waals surface area (Å²) in [6.07, 6.45) is 1.07. The van der Waals surface area contributed by atoms with Crippen LogP contribution in [-0.2, 0) is 24.0 Å². The highest BCUT2D eigenvalue weighted by Gasteiger charge is 2.57. The van der Waals surface area contributed by atoms with Gasteiger partial charge in [0.2, 0.25) is 5.91 Å². The Kier molecular flexibility index (Phi) is 5.09. The van der Waals surface area contributed by atoms with E-state index >= 15 is 0 Å². The predicted molar refractivity (Wildman–Crippen MR) is 106 cm³/mol. The molecule has 0 saturated carbocycles. The number of para-hydroxylation sites is 1. The number of ether oxygens (including phenoxy) is 1. The van der Waals surface area contributed by atoms with Crippen LogP contribution >= 0.6 is 11.8 Å². The van der Waals surface area contributed by atoms with Crippen LogP contribution in [0.15, 0.2) is 60.7 Å². The van der Waals surface area contributed by atoms with Gasteiger partial charge in [-0.25, -0.2) is 4.79 Å². The normalized spacial score (nSPS) is 23.4. The molecular formula is C21H20N2O4S. The molecule has 144 valence electrons. The molecule has 2 amide bonds. The number of nitrogens with zero attached hydrogens (tertiary/aromatic N) is 1. The van der Waals surface area contributed by atoms with Crippen LogP contribution in [0.1, 0.15) is 18.4 Å². The van der Waals surface area contributed by atoms with Crippen molar-refractivity contribution in [1.29, 1.82) is 0 Å². The summed E-state index contributed by atoms with van der Waals surface area (Å²) >= 11 is 1.59. The van der Waals surface area contributed by atoms with E-state index in [4.69, 9.17) is 4.74 Å². The summed E-state index contributed by atoms with van der Waals surface area (Å²) in [5, 5.41) is 2.67. The van der Waals surface area contributed by atoms with E-state index in [0.29, 0.717) is 24.3 Å². The zero-order valence-electron chi connectivity index (χ0n) is 15.2. The molecular weight excluding hydrogens is 376 g/mol. The van der Waals surface area contributed by atoms with Crippen LogP contribution in [0.3, 0.4) is 0 Å². The summed E-state index contributed by atoms with van der Waals surface area (Å²) in [6, 6.07) is 18.1. The average molecular weight is 396 g/mol. The van der Waals surface area contributed by atoms with Crippen LogP contribution in [0, 0.1) is 0 Å². The molecule has 4 rings (SSSR count). The molecule has 2 atom stereocenters. The molecule has 28 heavy (non-hydrogen) atoms. The first-order chi connectivity index (χ1) is 13.6. The molecule has 2 aromatic carbocycles. The van der Waals surface area contributed by atoms with Crippen LogP contribution in [0.25, 0.3) is 0 Å². The van der Waals surface area contributed by atoms with Gasteiger partial charge < -0.3 is 15.0 Å². The maximum Gasteiger partial charge on any atom is 0.330 e. The molecule has 2 heterocycles. The first kappa shape index (κ1) is 18.6. The standard InChI is InChI=1S/C21H20N2O4S/c24-18(22-16-9-5-2-6-10-16)13-27-20(26)17-14-28-21(12-11-19(25)23(17)21)15-7-3-1-4-8-15/h1-10,17H,11-14H2,(H,22,24)/t17-,21-/m0/s1. The number of anilines is 1. The lowest BCUT2D eigenvalue weighted by Gasteiger charge is -2.33. The average Bonchev–Trinajstić information content (AvgIpc) is 3.27. The molecule has 0 radical (unpaired) electrons. The number of carbonyl (C=O) groups excluding carboxylic acids is 3. The summed E-state index contributed by atoms with van der Waals surface area (Å²) in [6.45, 7) is -0.380. The second-order valence-electron chi connectivity index (χ2n) is 6.76. The summed E-state index contributed by atoms with van der Waals surface area (Å²) in [7, 11) is 0. The lowest BCUT2D eigenvalue weighted by Crippen LogP contribution is -2.47. The van der Waals surface area contributed by atoms with Gasteiger partial charge in [0.1, 0.15) is 10.9 Å². The van der Waals surface area contributed by atoms with Gasteiger partial charge in [0.05, 0.1) is 0 Å². The zero-order chi connectivity index (χ0) is 19.6. The Labute approximate surface area is 167 Å². The van der Waals surface area contributed by atoms with Crippen molar-refractivity contribution in [2.75, 3.05) is 17.7 Å². The number of rotatable bonds is 5. The van der Waals surface area contributed by atoms with Crippen LogP contribution in [0.5, 0.6) is 0 Å². The van der Waals surface area contributed by atoms with Crippen LogP contribution in [-0.4, -0.2) is 41.1 Å². The molecule has 2 saturated heterocycles. The molecule has 0 unspecified atom stereocenters. The van der Waals surface area contributed by atoms with Gasteiger partial charge in [-0.2, -0.15) is 0 Å². The van der Waals surface area contributed by atoms with Gasteiger partial charge in [0.25, 0.3) is 5.91 Å².